The number of benzene rings is 3. The molecule has 1 N–H and O–H groups in total. The van der Waals surface area contributed by atoms with Gasteiger partial charge in [-0.2, -0.15) is 5.26 Å². The first-order chi connectivity index (χ1) is 14.2. The molecule has 1 amide bonds. The zero-order valence-corrected chi connectivity index (χ0v) is 16.0. The van der Waals surface area contributed by atoms with Crippen LogP contribution in [0.15, 0.2) is 99.6 Å². The third kappa shape index (κ3) is 4.21. The van der Waals surface area contributed by atoms with Crippen LogP contribution >= 0.6 is 11.8 Å². The number of nitrogens with one attached hydrogen (secondary N) is 1. The molecule has 1 aromatic heterocycles. The van der Waals surface area contributed by atoms with Crippen LogP contribution in [0, 0.1) is 11.3 Å². The fourth-order valence-electron chi connectivity index (χ4n) is 2.82. The normalized spacial score (nSPS) is 10.3. The molecule has 0 saturated heterocycles. The molecule has 6 heteroatoms. The van der Waals surface area contributed by atoms with Crippen molar-refractivity contribution < 1.29 is 9.21 Å². The highest BCUT2D eigenvalue weighted by Gasteiger charge is 2.14. The summed E-state index contributed by atoms with van der Waals surface area (Å²) in [5.74, 6) is 0.405. The van der Waals surface area contributed by atoms with Gasteiger partial charge in [0.25, 0.3) is 5.91 Å². The van der Waals surface area contributed by atoms with E-state index in [-0.39, 0.29) is 5.91 Å². The number of carbonyl (C=O) groups is 1. The van der Waals surface area contributed by atoms with Crippen LogP contribution in [-0.2, 0) is 0 Å². The van der Waals surface area contributed by atoms with Crippen molar-refractivity contribution in [3.63, 3.8) is 0 Å². The quantitative estimate of drug-likeness (QED) is 0.473. The summed E-state index contributed by atoms with van der Waals surface area (Å²) in [5, 5.41) is 12.3. The Balaban J connectivity index is 1.59. The van der Waals surface area contributed by atoms with Gasteiger partial charge >= 0.3 is 0 Å². The van der Waals surface area contributed by atoms with E-state index in [2.05, 4.69) is 16.4 Å². The lowest BCUT2D eigenvalue weighted by molar-refractivity contribution is 0.102. The summed E-state index contributed by atoms with van der Waals surface area (Å²) >= 11 is 1.40. The van der Waals surface area contributed by atoms with Crippen LogP contribution in [0.2, 0.25) is 0 Å². The van der Waals surface area contributed by atoms with E-state index in [0.717, 1.165) is 15.4 Å². The molecule has 4 aromatic rings. The predicted octanol–water partition coefficient (Wildman–Crippen LogP) is 5.62. The average Bonchev–Trinajstić information content (AvgIpc) is 3.30. The van der Waals surface area contributed by atoms with Crippen molar-refractivity contribution in [1.29, 1.82) is 5.26 Å². The van der Waals surface area contributed by atoms with Crippen molar-refractivity contribution in [2.75, 3.05) is 5.32 Å². The van der Waals surface area contributed by atoms with Crippen molar-refractivity contribution in [2.45, 2.75) is 9.79 Å². The number of oxazole rings is 1. The van der Waals surface area contributed by atoms with Crippen molar-refractivity contribution in [3.8, 4) is 17.4 Å². The van der Waals surface area contributed by atoms with E-state index in [0.29, 0.717) is 22.6 Å². The van der Waals surface area contributed by atoms with Crippen molar-refractivity contribution in [1.82, 2.24) is 4.98 Å². The van der Waals surface area contributed by atoms with E-state index in [1.807, 2.05) is 60.7 Å². The van der Waals surface area contributed by atoms with E-state index in [1.54, 1.807) is 18.3 Å². The van der Waals surface area contributed by atoms with Gasteiger partial charge in [0, 0.05) is 21.0 Å². The molecular formula is C23H15N3O2S. The Morgan fingerprint density at radius 1 is 1.00 bits per heavy atom. The Morgan fingerprint density at radius 3 is 2.59 bits per heavy atom. The van der Waals surface area contributed by atoms with Crippen molar-refractivity contribution in [3.05, 3.63) is 96.5 Å². The Labute approximate surface area is 172 Å². The smallest absolute Gasteiger partial charge is 0.256 e. The van der Waals surface area contributed by atoms with Crippen LogP contribution in [0.4, 0.5) is 5.69 Å². The van der Waals surface area contributed by atoms with E-state index < -0.39 is 0 Å². The molecular weight excluding hydrogens is 382 g/mol. The minimum atomic E-state index is -0.225. The van der Waals surface area contributed by atoms with Crippen molar-refractivity contribution >= 4 is 23.4 Å². The third-order valence-corrected chi connectivity index (χ3v) is 5.35. The van der Waals surface area contributed by atoms with Gasteiger partial charge in [-0.3, -0.25) is 4.79 Å². The highest BCUT2D eigenvalue weighted by molar-refractivity contribution is 7.99. The number of hydrogen-bond donors (Lipinski definition) is 1. The number of anilines is 1. The number of aromatic nitrogens is 1. The molecule has 0 aliphatic heterocycles. The highest BCUT2D eigenvalue weighted by atomic mass is 32.2. The minimum Gasteiger partial charge on any atom is -0.444 e. The lowest BCUT2D eigenvalue weighted by atomic mass is 10.1. The highest BCUT2D eigenvalue weighted by Crippen LogP contribution is 2.33. The molecule has 29 heavy (non-hydrogen) atoms. The van der Waals surface area contributed by atoms with Crippen LogP contribution in [0.25, 0.3) is 11.3 Å². The summed E-state index contributed by atoms with van der Waals surface area (Å²) in [6.07, 6.45) is 2.99. The standard InChI is InChI=1S/C23H15N3O2S/c24-13-17-6-1-3-10-21(17)29-22-11-4-2-9-19(22)23(27)26-18-8-5-7-16(12-18)20-14-25-15-28-20/h1-12,14-15H,(H,26,27). The summed E-state index contributed by atoms with van der Waals surface area (Å²) in [6.45, 7) is 0. The second-order valence-electron chi connectivity index (χ2n) is 6.11. The molecule has 4 rings (SSSR count). The molecule has 0 radical (unpaired) electrons. The van der Waals surface area contributed by atoms with Gasteiger partial charge in [-0.25, -0.2) is 4.98 Å². The number of nitrogens with zero attached hydrogens (tertiary/aromatic N) is 2. The van der Waals surface area contributed by atoms with Gasteiger partial charge in [-0.1, -0.05) is 48.2 Å². The Hall–Kier alpha value is -3.82. The fraction of sp³-hybridized carbons (Fsp3) is 0. The molecule has 0 atom stereocenters. The molecule has 0 saturated carbocycles. The number of nitriles is 1. The maximum absolute atomic E-state index is 13.0. The van der Waals surface area contributed by atoms with Crippen LogP contribution in [0.3, 0.4) is 0 Å². The molecule has 0 bridgehead atoms. The Kier molecular flexibility index (Phi) is 5.41. The van der Waals surface area contributed by atoms with E-state index in [1.165, 1.54) is 18.2 Å². The summed E-state index contributed by atoms with van der Waals surface area (Å²) < 4.78 is 5.32. The number of amides is 1. The fourth-order valence-corrected chi connectivity index (χ4v) is 3.84. The molecule has 0 aliphatic rings. The first-order valence-electron chi connectivity index (χ1n) is 8.81. The minimum absolute atomic E-state index is 0.225. The predicted molar refractivity (Wildman–Crippen MR) is 112 cm³/mol. The largest absolute Gasteiger partial charge is 0.444 e. The number of hydrogen-bond acceptors (Lipinski definition) is 5. The zero-order valence-electron chi connectivity index (χ0n) is 15.2. The molecule has 3 aromatic carbocycles. The van der Waals surface area contributed by atoms with E-state index >= 15 is 0 Å². The van der Waals surface area contributed by atoms with E-state index in [9.17, 15) is 10.1 Å². The Morgan fingerprint density at radius 2 is 1.79 bits per heavy atom. The van der Waals surface area contributed by atoms with Gasteiger partial charge in [0.1, 0.15) is 6.07 Å². The average molecular weight is 397 g/mol. The maximum Gasteiger partial charge on any atom is 0.256 e. The molecule has 0 unspecified atom stereocenters. The number of rotatable bonds is 5. The summed E-state index contributed by atoms with van der Waals surface area (Å²) in [7, 11) is 0. The molecule has 0 spiro atoms. The molecule has 140 valence electrons. The van der Waals surface area contributed by atoms with Gasteiger partial charge < -0.3 is 9.73 Å². The molecule has 1 heterocycles. The topological polar surface area (TPSA) is 78.9 Å². The van der Waals surface area contributed by atoms with Crippen LogP contribution in [0.1, 0.15) is 15.9 Å². The SMILES string of the molecule is N#Cc1ccccc1Sc1ccccc1C(=O)Nc1cccc(-c2cnco2)c1. The van der Waals surface area contributed by atoms with Crippen LogP contribution in [-0.4, -0.2) is 10.9 Å². The van der Waals surface area contributed by atoms with Crippen LogP contribution in [0.5, 0.6) is 0 Å². The Bertz CT molecular complexity index is 1200. The summed E-state index contributed by atoms with van der Waals surface area (Å²) in [5.41, 5.74) is 2.59. The lowest BCUT2D eigenvalue weighted by Gasteiger charge is -2.11. The van der Waals surface area contributed by atoms with Gasteiger partial charge in [-0.15, -0.1) is 0 Å². The summed E-state index contributed by atoms with van der Waals surface area (Å²) in [6, 6.07) is 24.2. The van der Waals surface area contributed by atoms with Gasteiger partial charge in [0.05, 0.1) is 17.3 Å². The second-order valence-corrected chi connectivity index (χ2v) is 7.19. The molecule has 5 nitrogen and oxygen atoms in total. The van der Waals surface area contributed by atoms with Crippen LogP contribution < -0.4 is 5.32 Å². The lowest BCUT2D eigenvalue weighted by Crippen LogP contribution is -2.13. The first kappa shape index (κ1) is 18.5. The van der Waals surface area contributed by atoms with Crippen molar-refractivity contribution in [2.24, 2.45) is 0 Å². The van der Waals surface area contributed by atoms with Gasteiger partial charge in [-0.05, 0) is 36.4 Å². The monoisotopic (exact) mass is 397 g/mol. The summed E-state index contributed by atoms with van der Waals surface area (Å²) in [4.78, 5) is 18.5. The van der Waals surface area contributed by atoms with Gasteiger partial charge in [0.15, 0.2) is 12.2 Å². The third-order valence-electron chi connectivity index (χ3n) is 4.20. The molecule has 0 aliphatic carbocycles. The van der Waals surface area contributed by atoms with E-state index in [4.69, 9.17) is 4.42 Å². The zero-order chi connectivity index (χ0) is 20.1. The molecule has 0 fully saturated rings. The number of carbonyl (C=O) groups excluding carboxylic acids is 1. The second kappa shape index (κ2) is 8.46. The first-order valence-corrected chi connectivity index (χ1v) is 9.62. The van der Waals surface area contributed by atoms with Gasteiger partial charge in [0.2, 0.25) is 0 Å². The maximum atomic E-state index is 13.0.